The fourth-order valence-corrected chi connectivity index (χ4v) is 6.14. The van der Waals surface area contributed by atoms with Crippen molar-refractivity contribution in [2.24, 2.45) is 0 Å². The number of H-pyrrole nitrogens is 2. The lowest BCUT2D eigenvalue weighted by Crippen LogP contribution is -2.33. The minimum Gasteiger partial charge on any atom is -0.457 e. The number of nitrogens with zero attached hydrogens (tertiary/aromatic N) is 6. The molecule has 0 saturated carbocycles. The van der Waals surface area contributed by atoms with Gasteiger partial charge in [-0.05, 0) is 89.4 Å². The first-order chi connectivity index (χ1) is 23.1. The van der Waals surface area contributed by atoms with Crippen LogP contribution in [0.15, 0.2) is 60.9 Å². The van der Waals surface area contributed by atoms with Crippen LogP contribution in [0.4, 0.5) is 0 Å². The van der Waals surface area contributed by atoms with Gasteiger partial charge >= 0.3 is 0 Å². The minimum absolute atomic E-state index is 0.0109. The lowest BCUT2D eigenvalue weighted by atomic mass is 10.1. The Bertz CT molecular complexity index is 1640. The Morgan fingerprint density at radius 1 is 0.896 bits per heavy atom. The summed E-state index contributed by atoms with van der Waals surface area (Å²) in [7, 11) is 9.79. The van der Waals surface area contributed by atoms with Crippen LogP contribution < -0.4 is 4.74 Å². The van der Waals surface area contributed by atoms with Gasteiger partial charge in [-0.3, -0.25) is 9.59 Å². The second-order valence-corrected chi connectivity index (χ2v) is 13.2. The highest BCUT2D eigenvalue weighted by molar-refractivity contribution is 5.77. The van der Waals surface area contributed by atoms with Gasteiger partial charge in [0.15, 0.2) is 0 Å². The average Bonchev–Trinajstić information content (AvgIpc) is 3.86. The molecule has 1 aliphatic rings. The lowest BCUT2D eigenvalue weighted by Gasteiger charge is -2.27. The molecule has 4 aromatic rings. The van der Waals surface area contributed by atoms with Gasteiger partial charge in [-0.1, -0.05) is 25.5 Å². The van der Waals surface area contributed by atoms with Gasteiger partial charge in [-0.2, -0.15) is 0 Å². The van der Waals surface area contributed by atoms with E-state index in [0.717, 1.165) is 78.7 Å². The molecule has 3 heterocycles. The Morgan fingerprint density at radius 2 is 1.60 bits per heavy atom. The molecule has 1 fully saturated rings. The summed E-state index contributed by atoms with van der Waals surface area (Å²) in [5, 5.41) is 0. The number of likely N-dealkylation sites (tertiary alicyclic amines) is 1. The molecule has 0 radical (unpaired) electrons. The molecule has 5 rings (SSSR count). The molecule has 2 atom stereocenters. The summed E-state index contributed by atoms with van der Waals surface area (Å²) in [5.74, 6) is 3.34. The number of carbonyl (C=O) groups is 2. The zero-order chi connectivity index (χ0) is 34.2. The normalized spacial score (nSPS) is 15.3. The number of rotatable bonds is 15. The van der Waals surface area contributed by atoms with Crippen molar-refractivity contribution in [2.45, 2.75) is 57.5 Å². The molecule has 48 heavy (non-hydrogen) atoms. The summed E-state index contributed by atoms with van der Waals surface area (Å²) in [4.78, 5) is 49.9. The quantitative estimate of drug-likeness (QED) is 0.159. The molecule has 256 valence electrons. The summed E-state index contributed by atoms with van der Waals surface area (Å²) in [6, 6.07) is 15.7. The van der Waals surface area contributed by atoms with Crippen LogP contribution in [0.5, 0.6) is 11.5 Å². The van der Waals surface area contributed by atoms with Crippen molar-refractivity contribution in [1.29, 1.82) is 0 Å². The standard InChI is InChI=1S/C37H50N8O3/c1-7-10-32(44(6)34(46)18-21-42(2)3)36-38-25-31(41-36)27-11-8-12-29(23-27)48-28-16-14-26(15-17-28)30-24-39-37(40-30)33-13-9-20-45(33)35(47)19-22-43(4)5/h8,11-12,14-17,23-25,32-33H,7,9-10,13,18-22H2,1-6H3,(H,38,41)(H,39,40)/t32-,33-/m0/s1. The number of hydrogen-bond donors (Lipinski definition) is 2. The Balaban J connectivity index is 1.23. The number of carbonyl (C=O) groups excluding carboxylic acids is 2. The summed E-state index contributed by atoms with van der Waals surface area (Å²) in [5.41, 5.74) is 3.73. The fourth-order valence-electron chi connectivity index (χ4n) is 6.14. The smallest absolute Gasteiger partial charge is 0.224 e. The van der Waals surface area contributed by atoms with E-state index in [2.05, 4.69) is 26.9 Å². The molecule has 0 bridgehead atoms. The van der Waals surface area contributed by atoms with Crippen molar-refractivity contribution in [3.05, 3.63) is 72.6 Å². The Kier molecular flexibility index (Phi) is 11.7. The predicted octanol–water partition coefficient (Wildman–Crippen LogP) is 6.13. The molecule has 0 spiro atoms. The molecule has 0 aliphatic carbocycles. The molecule has 1 saturated heterocycles. The number of benzene rings is 2. The van der Waals surface area contributed by atoms with Crippen molar-refractivity contribution in [3.8, 4) is 34.0 Å². The Hall–Kier alpha value is -4.48. The molecule has 11 nitrogen and oxygen atoms in total. The molecule has 2 amide bonds. The fraction of sp³-hybridized carbons (Fsp3) is 0.459. The summed E-state index contributed by atoms with van der Waals surface area (Å²) >= 11 is 0. The molecule has 1 aliphatic heterocycles. The first-order valence-electron chi connectivity index (χ1n) is 17.0. The number of imidazole rings is 2. The number of aromatic amines is 2. The van der Waals surface area contributed by atoms with Crippen molar-refractivity contribution < 1.29 is 14.3 Å². The first kappa shape index (κ1) is 34.8. The first-order valence-corrected chi connectivity index (χ1v) is 17.0. The number of hydrogen-bond acceptors (Lipinski definition) is 7. The maximum absolute atomic E-state index is 12.9. The van der Waals surface area contributed by atoms with Gasteiger partial charge in [-0.25, -0.2) is 9.97 Å². The van der Waals surface area contributed by atoms with Crippen LogP contribution in [0.25, 0.3) is 22.5 Å². The number of aromatic nitrogens is 4. The van der Waals surface area contributed by atoms with Crippen LogP contribution in [0.1, 0.15) is 69.2 Å². The van der Waals surface area contributed by atoms with E-state index in [9.17, 15) is 9.59 Å². The number of amides is 2. The maximum atomic E-state index is 12.9. The second-order valence-electron chi connectivity index (χ2n) is 13.2. The molecule has 0 unspecified atom stereocenters. The van der Waals surface area contributed by atoms with Gasteiger partial charge in [0.1, 0.15) is 23.1 Å². The molecule has 2 aromatic carbocycles. The minimum atomic E-state index is -0.116. The topological polar surface area (TPSA) is 114 Å². The van der Waals surface area contributed by atoms with E-state index in [1.165, 1.54) is 0 Å². The van der Waals surface area contributed by atoms with Crippen LogP contribution in [-0.2, 0) is 9.59 Å². The van der Waals surface area contributed by atoms with E-state index in [0.29, 0.717) is 25.1 Å². The van der Waals surface area contributed by atoms with E-state index in [1.807, 2.05) is 116 Å². The second kappa shape index (κ2) is 16.1. The van der Waals surface area contributed by atoms with E-state index < -0.39 is 0 Å². The Labute approximate surface area is 284 Å². The summed E-state index contributed by atoms with van der Waals surface area (Å²) in [6.45, 7) is 4.35. The zero-order valence-corrected chi connectivity index (χ0v) is 29.2. The maximum Gasteiger partial charge on any atom is 0.224 e. The third-order valence-electron chi connectivity index (χ3n) is 8.91. The zero-order valence-electron chi connectivity index (χ0n) is 29.2. The van der Waals surface area contributed by atoms with Crippen molar-refractivity contribution in [3.63, 3.8) is 0 Å². The summed E-state index contributed by atoms with van der Waals surface area (Å²) < 4.78 is 6.24. The lowest BCUT2D eigenvalue weighted by molar-refractivity contribution is -0.133. The highest BCUT2D eigenvalue weighted by atomic mass is 16.5. The van der Waals surface area contributed by atoms with Gasteiger partial charge in [0.05, 0.1) is 35.9 Å². The molecule has 11 heteroatoms. The Morgan fingerprint density at radius 3 is 2.33 bits per heavy atom. The van der Waals surface area contributed by atoms with Crippen LogP contribution >= 0.6 is 0 Å². The average molecular weight is 655 g/mol. The number of ether oxygens (including phenoxy) is 1. The molecular weight excluding hydrogens is 604 g/mol. The highest BCUT2D eigenvalue weighted by Gasteiger charge is 2.31. The van der Waals surface area contributed by atoms with E-state index in [1.54, 1.807) is 0 Å². The summed E-state index contributed by atoms with van der Waals surface area (Å²) in [6.07, 6.45) is 8.32. The van der Waals surface area contributed by atoms with Gasteiger partial charge in [0.2, 0.25) is 11.8 Å². The number of nitrogens with one attached hydrogen (secondary N) is 2. The third kappa shape index (κ3) is 8.70. The van der Waals surface area contributed by atoms with Crippen LogP contribution in [-0.4, -0.2) is 106 Å². The van der Waals surface area contributed by atoms with Gasteiger partial charge in [0, 0.05) is 45.1 Å². The monoisotopic (exact) mass is 654 g/mol. The van der Waals surface area contributed by atoms with E-state index in [4.69, 9.17) is 4.74 Å². The SMILES string of the molecule is CCC[C@@H](c1ncc(-c2cccc(Oc3ccc(-c4cnc([C@@H]5CCCN5C(=O)CCN(C)C)[nH]4)cc3)c2)[nH]1)N(C)C(=O)CCN(C)C. The van der Waals surface area contributed by atoms with Crippen molar-refractivity contribution in [2.75, 3.05) is 54.9 Å². The van der Waals surface area contributed by atoms with Gasteiger partial charge in [0.25, 0.3) is 0 Å². The van der Waals surface area contributed by atoms with E-state index >= 15 is 0 Å². The largest absolute Gasteiger partial charge is 0.457 e. The third-order valence-corrected chi connectivity index (χ3v) is 8.91. The van der Waals surface area contributed by atoms with Crippen LogP contribution in [0.3, 0.4) is 0 Å². The van der Waals surface area contributed by atoms with Crippen LogP contribution in [0.2, 0.25) is 0 Å². The van der Waals surface area contributed by atoms with Crippen molar-refractivity contribution in [1.82, 2.24) is 39.5 Å². The van der Waals surface area contributed by atoms with Crippen molar-refractivity contribution >= 4 is 11.8 Å². The highest BCUT2D eigenvalue weighted by Crippen LogP contribution is 2.33. The molecular formula is C37H50N8O3. The van der Waals surface area contributed by atoms with Gasteiger partial charge in [-0.15, -0.1) is 0 Å². The molecule has 2 N–H and O–H groups in total. The predicted molar refractivity (Wildman–Crippen MR) is 189 cm³/mol. The van der Waals surface area contributed by atoms with E-state index in [-0.39, 0.29) is 23.9 Å². The molecule has 2 aromatic heterocycles. The van der Waals surface area contributed by atoms with Gasteiger partial charge < -0.3 is 34.3 Å². The van der Waals surface area contributed by atoms with Crippen LogP contribution in [0, 0.1) is 0 Å².